The van der Waals surface area contributed by atoms with Gasteiger partial charge >= 0.3 is 5.97 Å². The number of hydrogen-bond acceptors (Lipinski definition) is 7. The maximum atomic E-state index is 11.8. The summed E-state index contributed by atoms with van der Waals surface area (Å²) in [6.07, 6.45) is 0. The molecule has 0 unspecified atom stereocenters. The molecule has 0 aliphatic carbocycles. The van der Waals surface area contributed by atoms with Crippen LogP contribution in [-0.4, -0.2) is 50.6 Å². The van der Waals surface area contributed by atoms with Gasteiger partial charge in [-0.05, 0) is 43.3 Å². The molecule has 1 amide bonds. The molecule has 10 heteroatoms. The van der Waals surface area contributed by atoms with Gasteiger partial charge in [0.1, 0.15) is 11.6 Å². The number of carbonyl (C=O) groups excluding carboxylic acids is 2. The Morgan fingerprint density at radius 2 is 1.96 bits per heavy atom. The molecule has 0 aliphatic heterocycles. The van der Waals surface area contributed by atoms with E-state index < -0.39 is 5.97 Å². The number of ether oxygens (including phenoxy) is 1. The van der Waals surface area contributed by atoms with Gasteiger partial charge in [0.2, 0.25) is 5.91 Å². The van der Waals surface area contributed by atoms with E-state index in [9.17, 15) is 9.59 Å². The van der Waals surface area contributed by atoms with Gasteiger partial charge in [-0.3, -0.25) is 9.59 Å². The standard InChI is InChI=1S/C17H16ClN5O3S/c1-2-26-16(25)9-19-14(24)10-27-15-8-7-13-20-21-17(23(13)22-15)11-3-5-12(18)6-4-11/h3-8H,2,9-10H2,1H3,(H,19,24). The number of halogens is 1. The Kier molecular flexibility index (Phi) is 6.25. The van der Waals surface area contributed by atoms with Gasteiger partial charge in [0.15, 0.2) is 11.5 Å². The summed E-state index contributed by atoms with van der Waals surface area (Å²) < 4.78 is 6.37. The molecule has 0 saturated carbocycles. The Balaban J connectivity index is 1.67. The number of nitrogens with one attached hydrogen (secondary N) is 1. The fourth-order valence-electron chi connectivity index (χ4n) is 2.20. The zero-order chi connectivity index (χ0) is 19.2. The number of thioether (sulfide) groups is 1. The maximum Gasteiger partial charge on any atom is 0.325 e. The minimum Gasteiger partial charge on any atom is -0.465 e. The Labute approximate surface area is 164 Å². The van der Waals surface area contributed by atoms with Crippen molar-refractivity contribution in [2.45, 2.75) is 11.9 Å². The normalized spacial score (nSPS) is 10.7. The van der Waals surface area contributed by atoms with Crippen molar-refractivity contribution in [3.8, 4) is 11.4 Å². The van der Waals surface area contributed by atoms with Crippen LogP contribution in [0.4, 0.5) is 0 Å². The monoisotopic (exact) mass is 405 g/mol. The first-order valence-electron chi connectivity index (χ1n) is 8.10. The molecule has 1 N–H and O–H groups in total. The number of hydrogen-bond donors (Lipinski definition) is 1. The highest BCUT2D eigenvalue weighted by Crippen LogP contribution is 2.22. The van der Waals surface area contributed by atoms with Gasteiger partial charge in [-0.1, -0.05) is 23.4 Å². The number of fused-ring (bicyclic) bond motifs is 1. The second-order valence-electron chi connectivity index (χ2n) is 5.34. The summed E-state index contributed by atoms with van der Waals surface area (Å²) in [5.41, 5.74) is 1.42. The molecule has 0 radical (unpaired) electrons. The van der Waals surface area contributed by atoms with E-state index in [-0.39, 0.29) is 24.8 Å². The number of rotatable bonds is 7. The van der Waals surface area contributed by atoms with Crippen molar-refractivity contribution in [1.29, 1.82) is 0 Å². The zero-order valence-electron chi connectivity index (χ0n) is 14.4. The first kappa shape index (κ1) is 19.1. The van der Waals surface area contributed by atoms with E-state index in [0.717, 1.165) is 5.56 Å². The summed E-state index contributed by atoms with van der Waals surface area (Å²) in [6.45, 7) is 1.84. The minimum atomic E-state index is -0.465. The van der Waals surface area contributed by atoms with Gasteiger partial charge in [0.05, 0.1) is 12.4 Å². The summed E-state index contributed by atoms with van der Waals surface area (Å²) in [7, 11) is 0. The Morgan fingerprint density at radius 3 is 2.70 bits per heavy atom. The number of aromatic nitrogens is 4. The summed E-state index contributed by atoms with van der Waals surface area (Å²) >= 11 is 7.17. The van der Waals surface area contributed by atoms with Gasteiger partial charge < -0.3 is 10.1 Å². The van der Waals surface area contributed by atoms with Gasteiger partial charge in [0, 0.05) is 10.6 Å². The van der Waals surface area contributed by atoms with Crippen LogP contribution >= 0.6 is 23.4 Å². The fraction of sp³-hybridized carbons (Fsp3) is 0.235. The smallest absolute Gasteiger partial charge is 0.325 e. The van der Waals surface area contributed by atoms with Crippen LogP contribution in [-0.2, 0) is 14.3 Å². The highest BCUT2D eigenvalue weighted by atomic mass is 35.5. The number of carbonyl (C=O) groups is 2. The van der Waals surface area contributed by atoms with Crippen molar-refractivity contribution in [3.05, 3.63) is 41.4 Å². The van der Waals surface area contributed by atoms with E-state index in [4.69, 9.17) is 16.3 Å². The lowest BCUT2D eigenvalue weighted by Crippen LogP contribution is -2.31. The van der Waals surface area contributed by atoms with Gasteiger partial charge in [0.25, 0.3) is 0 Å². The molecule has 0 fully saturated rings. The van der Waals surface area contributed by atoms with Gasteiger partial charge in [-0.2, -0.15) is 9.61 Å². The molecule has 3 aromatic rings. The maximum absolute atomic E-state index is 11.8. The van der Waals surface area contributed by atoms with Crippen molar-refractivity contribution in [3.63, 3.8) is 0 Å². The third kappa shape index (κ3) is 4.95. The van der Waals surface area contributed by atoms with Crippen LogP contribution in [0.2, 0.25) is 5.02 Å². The first-order chi connectivity index (χ1) is 13.1. The van der Waals surface area contributed by atoms with Crippen LogP contribution in [0.1, 0.15) is 6.92 Å². The Bertz CT molecular complexity index is 961. The molecule has 0 atom stereocenters. The lowest BCUT2D eigenvalue weighted by atomic mass is 10.2. The summed E-state index contributed by atoms with van der Waals surface area (Å²) in [4.78, 5) is 23.1. The van der Waals surface area contributed by atoms with E-state index in [0.29, 0.717) is 21.5 Å². The summed E-state index contributed by atoms with van der Waals surface area (Å²) in [5, 5.41) is 16.5. The largest absolute Gasteiger partial charge is 0.465 e. The SMILES string of the molecule is CCOC(=O)CNC(=O)CSc1ccc2nnc(-c3ccc(Cl)cc3)n2n1. The molecule has 1 aromatic carbocycles. The Hall–Kier alpha value is -2.65. The average Bonchev–Trinajstić information content (AvgIpc) is 3.09. The predicted molar refractivity (Wildman–Crippen MR) is 102 cm³/mol. The van der Waals surface area contributed by atoms with E-state index in [1.165, 1.54) is 11.8 Å². The van der Waals surface area contributed by atoms with Crippen LogP contribution in [0.25, 0.3) is 17.0 Å². The van der Waals surface area contributed by atoms with Crippen LogP contribution in [0.3, 0.4) is 0 Å². The highest BCUT2D eigenvalue weighted by Gasteiger charge is 2.12. The van der Waals surface area contributed by atoms with Crippen molar-refractivity contribution < 1.29 is 14.3 Å². The second kappa shape index (κ2) is 8.83. The topological polar surface area (TPSA) is 98.5 Å². The minimum absolute atomic E-state index is 0.121. The molecule has 140 valence electrons. The number of esters is 1. The quantitative estimate of drug-likeness (QED) is 0.475. The van der Waals surface area contributed by atoms with Crippen LogP contribution in [0.15, 0.2) is 41.4 Å². The van der Waals surface area contributed by atoms with E-state index in [1.807, 2.05) is 12.1 Å². The van der Waals surface area contributed by atoms with E-state index in [1.54, 1.807) is 35.7 Å². The molecular weight excluding hydrogens is 390 g/mol. The van der Waals surface area contributed by atoms with Crippen LogP contribution in [0, 0.1) is 0 Å². The lowest BCUT2D eigenvalue weighted by Gasteiger charge is -2.05. The van der Waals surface area contributed by atoms with Crippen LogP contribution in [0.5, 0.6) is 0 Å². The van der Waals surface area contributed by atoms with E-state index >= 15 is 0 Å². The highest BCUT2D eigenvalue weighted by molar-refractivity contribution is 7.99. The van der Waals surface area contributed by atoms with Gasteiger partial charge in [-0.15, -0.1) is 10.2 Å². The van der Waals surface area contributed by atoms with Crippen molar-refractivity contribution in [1.82, 2.24) is 25.1 Å². The number of amides is 1. The summed E-state index contributed by atoms with van der Waals surface area (Å²) in [6, 6.07) is 10.7. The van der Waals surface area contributed by atoms with Crippen LogP contribution < -0.4 is 5.32 Å². The molecule has 3 rings (SSSR count). The van der Waals surface area contributed by atoms with Gasteiger partial charge in [-0.25, -0.2) is 0 Å². The second-order valence-corrected chi connectivity index (χ2v) is 6.77. The number of benzene rings is 1. The Morgan fingerprint density at radius 1 is 1.19 bits per heavy atom. The van der Waals surface area contributed by atoms with Crippen molar-refractivity contribution in [2.24, 2.45) is 0 Å². The molecule has 0 saturated heterocycles. The molecular formula is C17H16ClN5O3S. The molecule has 0 spiro atoms. The number of nitrogens with zero attached hydrogens (tertiary/aromatic N) is 4. The van der Waals surface area contributed by atoms with Crippen molar-refractivity contribution in [2.75, 3.05) is 18.9 Å². The third-order valence-electron chi connectivity index (χ3n) is 3.43. The molecule has 0 aliphatic rings. The average molecular weight is 406 g/mol. The predicted octanol–water partition coefficient (Wildman–Crippen LogP) is 2.22. The lowest BCUT2D eigenvalue weighted by molar-refractivity contribution is -0.143. The molecule has 2 heterocycles. The molecule has 2 aromatic heterocycles. The fourth-order valence-corrected chi connectivity index (χ4v) is 3.01. The molecule has 8 nitrogen and oxygen atoms in total. The molecule has 27 heavy (non-hydrogen) atoms. The van der Waals surface area contributed by atoms with E-state index in [2.05, 4.69) is 20.6 Å². The van der Waals surface area contributed by atoms with Crippen molar-refractivity contribution >= 4 is 40.9 Å². The first-order valence-corrected chi connectivity index (χ1v) is 9.46. The summed E-state index contributed by atoms with van der Waals surface area (Å²) in [5.74, 6) is -0.0453. The molecule has 0 bridgehead atoms. The zero-order valence-corrected chi connectivity index (χ0v) is 16.0. The third-order valence-corrected chi connectivity index (χ3v) is 4.60.